The molecule has 2 unspecified atom stereocenters. The summed E-state index contributed by atoms with van der Waals surface area (Å²) in [5.41, 5.74) is 1.96. The first-order valence-electron chi connectivity index (χ1n) is 7.59. The molecule has 0 spiro atoms. The van der Waals surface area contributed by atoms with Gasteiger partial charge in [0.15, 0.2) is 9.78 Å². The lowest BCUT2D eigenvalue weighted by atomic mass is 9.97. The van der Waals surface area contributed by atoms with Gasteiger partial charge in [-0.25, -0.2) is 4.39 Å². The fourth-order valence-electron chi connectivity index (χ4n) is 2.33. The number of allylic oxidation sites excluding steroid dienone is 2. The maximum absolute atomic E-state index is 14.5. The Kier molecular flexibility index (Phi) is 6.42. The first-order valence-corrected chi connectivity index (χ1v) is 8.67. The van der Waals surface area contributed by atoms with Gasteiger partial charge in [0.1, 0.15) is 0 Å². The van der Waals surface area contributed by atoms with Gasteiger partial charge in [0.2, 0.25) is 0 Å². The van der Waals surface area contributed by atoms with Crippen molar-refractivity contribution in [1.82, 2.24) is 0 Å². The van der Waals surface area contributed by atoms with Gasteiger partial charge < -0.3 is 4.74 Å². The number of alkyl halides is 2. The van der Waals surface area contributed by atoms with Crippen molar-refractivity contribution in [3.05, 3.63) is 54.1 Å². The van der Waals surface area contributed by atoms with E-state index in [0.717, 1.165) is 24.0 Å². The molecule has 0 saturated carbocycles. The van der Waals surface area contributed by atoms with Crippen LogP contribution in [0, 0.1) is 0 Å². The second-order valence-corrected chi connectivity index (χ2v) is 7.02. The van der Waals surface area contributed by atoms with Crippen LogP contribution in [0.5, 0.6) is 0 Å². The minimum Gasteiger partial charge on any atom is -0.357 e. The summed E-state index contributed by atoms with van der Waals surface area (Å²) in [5.74, 6) is 0. The molecule has 1 aromatic rings. The molecule has 1 nitrogen and oxygen atoms in total. The molecular formula is C18H22FIO. The number of benzene rings is 1. The molecule has 1 aliphatic rings. The SMILES string of the molecule is CCCCCCOC1(I)C=CC(c2ccccc2)=CC1F. The van der Waals surface area contributed by atoms with Gasteiger partial charge in [0.05, 0.1) is 0 Å². The number of hydrogen-bond donors (Lipinski definition) is 0. The standard InChI is InChI=1S/C18H22FIO/c1-2-3-4-8-13-21-18(20)12-11-16(14-17(18)19)15-9-6-5-7-10-15/h5-7,9-12,14,17H,2-4,8,13H2,1H3. The van der Waals surface area contributed by atoms with E-state index in [2.05, 4.69) is 29.5 Å². The Morgan fingerprint density at radius 1 is 1.19 bits per heavy atom. The molecule has 2 atom stereocenters. The van der Waals surface area contributed by atoms with Gasteiger partial charge >= 0.3 is 0 Å². The van der Waals surface area contributed by atoms with Crippen molar-refractivity contribution in [1.29, 1.82) is 0 Å². The normalized spacial score (nSPS) is 24.9. The summed E-state index contributed by atoms with van der Waals surface area (Å²) in [7, 11) is 0. The minimum atomic E-state index is -1.12. The van der Waals surface area contributed by atoms with E-state index < -0.39 is 9.78 Å². The highest BCUT2D eigenvalue weighted by Gasteiger charge is 2.36. The summed E-state index contributed by atoms with van der Waals surface area (Å²) in [6.45, 7) is 2.79. The molecule has 0 amide bonds. The Labute approximate surface area is 140 Å². The van der Waals surface area contributed by atoms with E-state index in [1.165, 1.54) is 12.8 Å². The maximum atomic E-state index is 14.5. The monoisotopic (exact) mass is 400 g/mol. The van der Waals surface area contributed by atoms with E-state index in [4.69, 9.17) is 4.74 Å². The lowest BCUT2D eigenvalue weighted by Gasteiger charge is -2.30. The van der Waals surface area contributed by atoms with Crippen molar-refractivity contribution in [2.45, 2.75) is 42.4 Å². The molecule has 0 N–H and O–H groups in total. The maximum Gasteiger partial charge on any atom is 0.172 e. The molecule has 0 saturated heterocycles. The van der Waals surface area contributed by atoms with Crippen molar-refractivity contribution in [2.75, 3.05) is 6.61 Å². The number of halogens is 2. The van der Waals surface area contributed by atoms with Crippen LogP contribution in [0.25, 0.3) is 5.57 Å². The zero-order valence-electron chi connectivity index (χ0n) is 12.4. The molecule has 0 bridgehead atoms. The molecule has 1 aliphatic carbocycles. The Morgan fingerprint density at radius 3 is 2.62 bits per heavy atom. The van der Waals surface area contributed by atoms with Crippen molar-refractivity contribution in [2.24, 2.45) is 0 Å². The van der Waals surface area contributed by atoms with Crippen LogP contribution in [0.15, 0.2) is 48.6 Å². The van der Waals surface area contributed by atoms with Crippen LogP contribution >= 0.6 is 22.6 Å². The van der Waals surface area contributed by atoms with Crippen molar-refractivity contribution < 1.29 is 9.13 Å². The second-order valence-electron chi connectivity index (χ2n) is 5.33. The van der Waals surface area contributed by atoms with Crippen LogP contribution in [-0.2, 0) is 4.74 Å². The molecular weight excluding hydrogens is 378 g/mol. The molecule has 0 heterocycles. The fraction of sp³-hybridized carbons (Fsp3) is 0.444. The highest BCUT2D eigenvalue weighted by molar-refractivity contribution is 14.1. The third-order valence-corrected chi connectivity index (χ3v) is 4.89. The third kappa shape index (κ3) is 4.65. The molecule has 1 aromatic carbocycles. The lowest BCUT2D eigenvalue weighted by Crippen LogP contribution is -2.35. The largest absolute Gasteiger partial charge is 0.357 e. The average molecular weight is 400 g/mol. The topological polar surface area (TPSA) is 9.23 Å². The Hall–Kier alpha value is -0.680. The predicted octanol–water partition coefficient (Wildman–Crippen LogP) is 5.71. The number of ether oxygens (including phenoxy) is 1. The van der Waals surface area contributed by atoms with Crippen LogP contribution in [0.1, 0.15) is 38.2 Å². The van der Waals surface area contributed by atoms with E-state index in [-0.39, 0.29) is 0 Å². The zero-order chi connectivity index (χ0) is 15.1. The summed E-state index contributed by atoms with van der Waals surface area (Å²) in [6, 6.07) is 9.88. The summed E-state index contributed by atoms with van der Waals surface area (Å²) in [4.78, 5) is 0. The molecule has 2 rings (SSSR count). The van der Waals surface area contributed by atoms with Gasteiger partial charge in [0, 0.05) is 6.61 Å². The first-order chi connectivity index (χ1) is 10.2. The van der Waals surface area contributed by atoms with Crippen LogP contribution in [-0.4, -0.2) is 16.4 Å². The predicted molar refractivity (Wildman–Crippen MR) is 95.3 cm³/mol. The van der Waals surface area contributed by atoms with Gasteiger partial charge in [0.25, 0.3) is 0 Å². The molecule has 0 aliphatic heterocycles. The van der Waals surface area contributed by atoms with Crippen LogP contribution in [0.4, 0.5) is 4.39 Å². The fourth-order valence-corrected chi connectivity index (χ4v) is 2.91. The van der Waals surface area contributed by atoms with E-state index in [9.17, 15) is 4.39 Å². The van der Waals surface area contributed by atoms with Crippen LogP contribution in [0.2, 0.25) is 0 Å². The second kappa shape index (κ2) is 8.08. The summed E-state index contributed by atoms with van der Waals surface area (Å²) < 4.78 is 19.4. The van der Waals surface area contributed by atoms with Gasteiger partial charge in [-0.1, -0.05) is 62.6 Å². The van der Waals surface area contributed by atoms with Gasteiger partial charge in [-0.15, -0.1) is 0 Å². The van der Waals surface area contributed by atoms with Gasteiger partial charge in [-0.3, -0.25) is 0 Å². The quantitative estimate of drug-likeness (QED) is 0.324. The highest BCUT2D eigenvalue weighted by atomic mass is 127. The summed E-state index contributed by atoms with van der Waals surface area (Å²) in [6.07, 6.45) is 8.90. The van der Waals surface area contributed by atoms with Crippen molar-refractivity contribution in [3.8, 4) is 0 Å². The third-order valence-electron chi connectivity index (χ3n) is 3.62. The molecule has 114 valence electrons. The van der Waals surface area contributed by atoms with Gasteiger partial charge in [-0.2, -0.15) is 0 Å². The molecule has 0 radical (unpaired) electrons. The number of rotatable bonds is 7. The summed E-state index contributed by atoms with van der Waals surface area (Å²) in [5, 5.41) is 0. The number of hydrogen-bond acceptors (Lipinski definition) is 1. The highest BCUT2D eigenvalue weighted by Crippen LogP contribution is 2.36. The average Bonchev–Trinajstić information content (AvgIpc) is 2.51. The minimum absolute atomic E-state index is 0.613. The number of unbranched alkanes of at least 4 members (excludes halogenated alkanes) is 3. The zero-order valence-corrected chi connectivity index (χ0v) is 14.6. The Morgan fingerprint density at radius 2 is 1.95 bits per heavy atom. The van der Waals surface area contributed by atoms with Crippen molar-refractivity contribution >= 4 is 28.2 Å². The molecule has 3 heteroatoms. The van der Waals surface area contributed by atoms with E-state index in [0.29, 0.717) is 6.61 Å². The van der Waals surface area contributed by atoms with Crippen molar-refractivity contribution in [3.63, 3.8) is 0 Å². The Bertz CT molecular complexity index is 497. The van der Waals surface area contributed by atoms with Gasteiger partial charge in [-0.05, 0) is 52.3 Å². The van der Waals surface area contributed by atoms with E-state index in [1.807, 2.05) is 42.5 Å². The lowest BCUT2D eigenvalue weighted by molar-refractivity contribution is 0.0288. The van der Waals surface area contributed by atoms with Crippen LogP contribution < -0.4 is 0 Å². The Balaban J connectivity index is 1.94. The van der Waals surface area contributed by atoms with Crippen LogP contribution in [0.3, 0.4) is 0 Å². The smallest absolute Gasteiger partial charge is 0.172 e. The summed E-state index contributed by atoms with van der Waals surface area (Å²) >= 11 is 2.08. The first kappa shape index (κ1) is 16.7. The molecule has 21 heavy (non-hydrogen) atoms. The van der Waals surface area contributed by atoms with E-state index in [1.54, 1.807) is 6.08 Å². The van der Waals surface area contributed by atoms with E-state index >= 15 is 0 Å². The molecule has 0 aromatic heterocycles. The molecule has 0 fully saturated rings.